The zero-order chi connectivity index (χ0) is 23.6. The van der Waals surface area contributed by atoms with Crippen molar-refractivity contribution in [2.75, 3.05) is 36.5 Å². The van der Waals surface area contributed by atoms with Gasteiger partial charge >= 0.3 is 0 Å². The average Bonchev–Trinajstić information content (AvgIpc) is 2.81. The van der Waals surface area contributed by atoms with E-state index in [0.717, 1.165) is 19.3 Å². The highest BCUT2D eigenvalue weighted by atomic mass is 32.2. The summed E-state index contributed by atoms with van der Waals surface area (Å²) in [6, 6.07) is 11.2. The molecule has 0 atom stereocenters. The number of nitrogens with one attached hydrogen (secondary N) is 1. The van der Waals surface area contributed by atoms with Crippen molar-refractivity contribution in [2.24, 2.45) is 5.92 Å². The lowest BCUT2D eigenvalue weighted by molar-refractivity contribution is -0.121. The SMILES string of the molecule is CC(C)CN1C(=O)COc2cc(NC(=O)c3ccc(S(=O)(=O)N4CCCCC4)cc3)ccc21. The monoisotopic (exact) mass is 471 g/mol. The Morgan fingerprint density at radius 3 is 2.42 bits per heavy atom. The summed E-state index contributed by atoms with van der Waals surface area (Å²) >= 11 is 0. The molecule has 1 N–H and O–H groups in total. The molecule has 0 aliphatic carbocycles. The quantitative estimate of drug-likeness (QED) is 0.696. The highest BCUT2D eigenvalue weighted by Gasteiger charge is 2.27. The van der Waals surface area contributed by atoms with E-state index in [9.17, 15) is 18.0 Å². The van der Waals surface area contributed by atoms with Gasteiger partial charge in [0.1, 0.15) is 5.75 Å². The third-order valence-corrected chi connectivity index (χ3v) is 7.69. The molecule has 2 heterocycles. The number of sulfonamides is 1. The Labute approximate surface area is 194 Å². The summed E-state index contributed by atoms with van der Waals surface area (Å²) in [5.74, 6) is 0.396. The van der Waals surface area contributed by atoms with Crippen molar-refractivity contribution in [2.45, 2.75) is 38.0 Å². The third kappa shape index (κ3) is 5.04. The molecule has 2 aliphatic heterocycles. The molecule has 0 spiro atoms. The van der Waals surface area contributed by atoms with E-state index in [1.165, 1.54) is 28.6 Å². The molecule has 0 unspecified atom stereocenters. The molecule has 2 aromatic carbocycles. The Hall–Kier alpha value is -2.91. The van der Waals surface area contributed by atoms with E-state index in [4.69, 9.17) is 4.74 Å². The maximum atomic E-state index is 12.8. The van der Waals surface area contributed by atoms with Gasteiger partial charge in [0.15, 0.2) is 6.61 Å². The van der Waals surface area contributed by atoms with Gasteiger partial charge in [-0.05, 0) is 55.2 Å². The van der Waals surface area contributed by atoms with E-state index in [0.29, 0.717) is 48.2 Å². The Morgan fingerprint density at radius 1 is 1.06 bits per heavy atom. The van der Waals surface area contributed by atoms with E-state index in [1.54, 1.807) is 23.1 Å². The molecule has 4 rings (SSSR count). The maximum Gasteiger partial charge on any atom is 0.265 e. The molecule has 2 aliphatic rings. The first-order valence-electron chi connectivity index (χ1n) is 11.2. The summed E-state index contributed by atoms with van der Waals surface area (Å²) < 4.78 is 32.7. The molecule has 2 aromatic rings. The van der Waals surface area contributed by atoms with Crippen LogP contribution in [0.25, 0.3) is 0 Å². The van der Waals surface area contributed by atoms with Gasteiger partial charge in [0, 0.05) is 37.0 Å². The number of amides is 2. The summed E-state index contributed by atoms with van der Waals surface area (Å²) in [5, 5.41) is 2.81. The summed E-state index contributed by atoms with van der Waals surface area (Å²) in [7, 11) is -3.54. The fourth-order valence-electron chi connectivity index (χ4n) is 4.08. The molecule has 0 aromatic heterocycles. The molecule has 8 nitrogen and oxygen atoms in total. The fourth-order valence-corrected chi connectivity index (χ4v) is 5.60. The van der Waals surface area contributed by atoms with Crippen LogP contribution in [0.2, 0.25) is 0 Å². The van der Waals surface area contributed by atoms with Crippen molar-refractivity contribution in [3.05, 3.63) is 48.0 Å². The van der Waals surface area contributed by atoms with Gasteiger partial charge in [0.05, 0.1) is 10.6 Å². The minimum Gasteiger partial charge on any atom is -0.481 e. The van der Waals surface area contributed by atoms with Crippen LogP contribution in [0, 0.1) is 5.92 Å². The number of rotatable bonds is 6. The first-order chi connectivity index (χ1) is 15.8. The van der Waals surface area contributed by atoms with Crippen molar-refractivity contribution < 1.29 is 22.7 Å². The smallest absolute Gasteiger partial charge is 0.265 e. The molecular weight excluding hydrogens is 442 g/mol. The number of nitrogens with zero attached hydrogens (tertiary/aromatic N) is 2. The van der Waals surface area contributed by atoms with Crippen molar-refractivity contribution in [3.63, 3.8) is 0 Å². The maximum absolute atomic E-state index is 12.8. The van der Waals surface area contributed by atoms with Gasteiger partial charge in [0.25, 0.3) is 11.8 Å². The lowest BCUT2D eigenvalue weighted by Crippen LogP contribution is -2.40. The normalized spacial score (nSPS) is 16.9. The number of carbonyl (C=O) groups is 2. The summed E-state index contributed by atoms with van der Waals surface area (Å²) in [6.45, 7) is 5.70. The van der Waals surface area contributed by atoms with Crippen LogP contribution in [0.15, 0.2) is 47.4 Å². The van der Waals surface area contributed by atoms with Crippen LogP contribution in [-0.2, 0) is 14.8 Å². The van der Waals surface area contributed by atoms with Crippen LogP contribution in [0.1, 0.15) is 43.5 Å². The van der Waals surface area contributed by atoms with Crippen LogP contribution in [0.3, 0.4) is 0 Å². The summed E-state index contributed by atoms with van der Waals surface area (Å²) in [5.41, 5.74) is 1.57. The number of fused-ring (bicyclic) bond motifs is 1. The predicted octanol–water partition coefficient (Wildman–Crippen LogP) is 3.49. The van der Waals surface area contributed by atoms with E-state index in [-0.39, 0.29) is 23.3 Å². The lowest BCUT2D eigenvalue weighted by atomic mass is 10.1. The molecule has 9 heteroatoms. The van der Waals surface area contributed by atoms with E-state index >= 15 is 0 Å². The van der Waals surface area contributed by atoms with Gasteiger partial charge in [0.2, 0.25) is 10.0 Å². The number of hydrogen-bond acceptors (Lipinski definition) is 5. The number of hydrogen-bond donors (Lipinski definition) is 1. The number of piperidine rings is 1. The molecule has 176 valence electrons. The second-order valence-corrected chi connectivity index (χ2v) is 10.8. The van der Waals surface area contributed by atoms with Crippen LogP contribution < -0.4 is 15.0 Å². The van der Waals surface area contributed by atoms with Gasteiger partial charge < -0.3 is 15.0 Å². The Kier molecular flexibility index (Phi) is 6.71. The topological polar surface area (TPSA) is 96.0 Å². The highest BCUT2D eigenvalue weighted by molar-refractivity contribution is 7.89. The van der Waals surface area contributed by atoms with Crippen LogP contribution >= 0.6 is 0 Å². The largest absolute Gasteiger partial charge is 0.481 e. The molecule has 0 radical (unpaired) electrons. The minimum absolute atomic E-state index is 0.0376. The average molecular weight is 472 g/mol. The standard InChI is InChI=1S/C24H29N3O5S/c1-17(2)15-27-21-11-8-19(14-22(21)32-16-23(27)28)25-24(29)18-6-9-20(10-7-18)33(30,31)26-12-4-3-5-13-26/h6-11,14,17H,3-5,12-13,15-16H2,1-2H3,(H,25,29). The van der Waals surface area contributed by atoms with E-state index in [2.05, 4.69) is 5.32 Å². The number of anilines is 2. The zero-order valence-electron chi connectivity index (χ0n) is 18.9. The summed E-state index contributed by atoms with van der Waals surface area (Å²) in [4.78, 5) is 26.9. The van der Waals surface area contributed by atoms with Crippen molar-refractivity contribution in [1.29, 1.82) is 0 Å². The van der Waals surface area contributed by atoms with Crippen LogP contribution in [-0.4, -0.2) is 50.8 Å². The molecule has 1 saturated heterocycles. The predicted molar refractivity (Wildman–Crippen MR) is 126 cm³/mol. The van der Waals surface area contributed by atoms with Gasteiger partial charge in [-0.3, -0.25) is 9.59 Å². The third-order valence-electron chi connectivity index (χ3n) is 5.78. The van der Waals surface area contributed by atoms with Crippen LogP contribution in [0.5, 0.6) is 5.75 Å². The van der Waals surface area contributed by atoms with Gasteiger partial charge in [-0.25, -0.2) is 8.42 Å². The number of carbonyl (C=O) groups excluding carboxylic acids is 2. The molecule has 2 amide bonds. The molecular formula is C24H29N3O5S. The fraction of sp³-hybridized carbons (Fsp3) is 0.417. The summed E-state index contributed by atoms with van der Waals surface area (Å²) in [6.07, 6.45) is 2.78. The Morgan fingerprint density at radius 2 is 1.76 bits per heavy atom. The lowest BCUT2D eigenvalue weighted by Gasteiger charge is -2.31. The minimum atomic E-state index is -3.54. The molecule has 0 saturated carbocycles. The van der Waals surface area contributed by atoms with Crippen molar-refractivity contribution >= 4 is 33.2 Å². The molecule has 0 bridgehead atoms. The Balaban J connectivity index is 1.47. The molecule has 33 heavy (non-hydrogen) atoms. The Bertz CT molecular complexity index is 1140. The van der Waals surface area contributed by atoms with E-state index < -0.39 is 10.0 Å². The van der Waals surface area contributed by atoms with E-state index in [1.807, 2.05) is 13.8 Å². The van der Waals surface area contributed by atoms with Gasteiger partial charge in [-0.15, -0.1) is 0 Å². The van der Waals surface area contributed by atoms with Crippen LogP contribution in [0.4, 0.5) is 11.4 Å². The van der Waals surface area contributed by atoms with Crippen molar-refractivity contribution in [3.8, 4) is 5.75 Å². The molecule has 1 fully saturated rings. The first-order valence-corrected chi connectivity index (χ1v) is 12.7. The highest BCUT2D eigenvalue weighted by Crippen LogP contribution is 2.35. The second kappa shape index (κ2) is 9.52. The van der Waals surface area contributed by atoms with Gasteiger partial charge in [-0.1, -0.05) is 20.3 Å². The van der Waals surface area contributed by atoms with Gasteiger partial charge in [-0.2, -0.15) is 4.31 Å². The zero-order valence-corrected chi connectivity index (χ0v) is 19.7. The first kappa shape index (κ1) is 23.3. The second-order valence-electron chi connectivity index (χ2n) is 8.81. The van der Waals surface area contributed by atoms with Crippen molar-refractivity contribution in [1.82, 2.24) is 4.31 Å². The number of ether oxygens (including phenoxy) is 1. The number of benzene rings is 2.